The number of urea groups is 2. The fourth-order valence-electron chi connectivity index (χ4n) is 1.66. The van der Waals surface area contributed by atoms with E-state index in [2.05, 4.69) is 34.8 Å². The average molecular weight is 312 g/mol. The Balaban J connectivity index is 3.33. The van der Waals surface area contributed by atoms with Gasteiger partial charge in [0, 0.05) is 19.6 Å². The third-order valence-corrected chi connectivity index (χ3v) is 2.91. The molecule has 0 aromatic rings. The normalized spacial score (nSPS) is 9.68. The van der Waals surface area contributed by atoms with E-state index in [1.807, 2.05) is 0 Å². The van der Waals surface area contributed by atoms with Crippen molar-refractivity contribution in [1.82, 2.24) is 21.3 Å². The highest BCUT2D eigenvalue weighted by molar-refractivity contribution is 5.99. The van der Waals surface area contributed by atoms with E-state index in [9.17, 15) is 14.4 Å². The molecule has 0 radical (unpaired) electrons. The molecule has 0 aliphatic heterocycles. The van der Waals surface area contributed by atoms with Gasteiger partial charge in [-0.25, -0.2) is 9.59 Å². The quantitative estimate of drug-likeness (QED) is 0.345. The van der Waals surface area contributed by atoms with Gasteiger partial charge in [0.05, 0.1) is 0 Å². The van der Waals surface area contributed by atoms with Crippen molar-refractivity contribution in [1.29, 1.82) is 0 Å². The van der Waals surface area contributed by atoms with Crippen molar-refractivity contribution in [3.63, 3.8) is 0 Å². The van der Waals surface area contributed by atoms with Crippen molar-refractivity contribution >= 4 is 18.0 Å². The van der Waals surface area contributed by atoms with Crippen molar-refractivity contribution in [3.05, 3.63) is 12.7 Å². The van der Waals surface area contributed by atoms with Gasteiger partial charge < -0.3 is 16.0 Å². The van der Waals surface area contributed by atoms with E-state index in [4.69, 9.17) is 0 Å². The minimum absolute atomic E-state index is 0.112. The molecule has 126 valence electrons. The zero-order valence-electron chi connectivity index (χ0n) is 13.4. The topological polar surface area (TPSA) is 99.3 Å². The largest absolute Gasteiger partial charge is 0.338 e. The third-order valence-electron chi connectivity index (χ3n) is 2.91. The van der Waals surface area contributed by atoms with Crippen LogP contribution in [0.5, 0.6) is 0 Å². The van der Waals surface area contributed by atoms with E-state index in [0.29, 0.717) is 19.6 Å². The number of imide groups is 1. The fourth-order valence-corrected chi connectivity index (χ4v) is 1.66. The summed E-state index contributed by atoms with van der Waals surface area (Å²) in [6, 6.07) is -0.617. The lowest BCUT2D eigenvalue weighted by molar-refractivity contribution is -0.115. The molecule has 0 rings (SSSR count). The molecule has 0 saturated heterocycles. The minimum atomic E-state index is -0.513. The standard InChI is InChI=1S/C15H28N4O3/c1-3-5-10-16-14(21)17-11-8-6-7-9-12-18-15(22)19-13(20)4-2/h4H,2-3,5-12H2,1H3,(H2,16,17,21)(H2,18,19,20,22). The summed E-state index contributed by atoms with van der Waals surface area (Å²) in [5.74, 6) is -0.513. The van der Waals surface area contributed by atoms with Gasteiger partial charge in [0.1, 0.15) is 0 Å². The molecule has 0 atom stereocenters. The van der Waals surface area contributed by atoms with Crippen LogP contribution in [0.2, 0.25) is 0 Å². The first-order valence-electron chi connectivity index (χ1n) is 7.83. The zero-order valence-corrected chi connectivity index (χ0v) is 13.4. The number of hydrogen-bond donors (Lipinski definition) is 4. The van der Waals surface area contributed by atoms with E-state index >= 15 is 0 Å². The molecule has 0 fully saturated rings. The van der Waals surface area contributed by atoms with Crippen LogP contribution in [-0.4, -0.2) is 37.6 Å². The van der Waals surface area contributed by atoms with E-state index in [1.54, 1.807) is 0 Å². The Labute approximate surface area is 132 Å². The Morgan fingerprint density at radius 1 is 0.818 bits per heavy atom. The van der Waals surface area contributed by atoms with E-state index in [0.717, 1.165) is 44.6 Å². The smallest absolute Gasteiger partial charge is 0.321 e. The summed E-state index contributed by atoms with van der Waals surface area (Å²) in [6.07, 6.45) is 6.77. The first-order valence-corrected chi connectivity index (χ1v) is 7.83. The number of nitrogens with one attached hydrogen (secondary N) is 4. The summed E-state index contributed by atoms with van der Waals surface area (Å²) < 4.78 is 0. The molecule has 0 aliphatic rings. The van der Waals surface area contributed by atoms with Crippen molar-refractivity contribution < 1.29 is 14.4 Å². The lowest BCUT2D eigenvalue weighted by Gasteiger charge is -2.07. The van der Waals surface area contributed by atoms with Crippen molar-refractivity contribution in [2.24, 2.45) is 0 Å². The van der Waals surface area contributed by atoms with Gasteiger partial charge in [0.15, 0.2) is 0 Å². The highest BCUT2D eigenvalue weighted by Gasteiger charge is 2.02. The zero-order chi connectivity index (χ0) is 16.6. The van der Waals surface area contributed by atoms with Gasteiger partial charge in [-0.15, -0.1) is 0 Å². The predicted octanol–water partition coefficient (Wildman–Crippen LogP) is 1.66. The number of hydrogen-bond acceptors (Lipinski definition) is 3. The van der Waals surface area contributed by atoms with Crippen LogP contribution in [0.15, 0.2) is 12.7 Å². The van der Waals surface area contributed by atoms with E-state index < -0.39 is 11.9 Å². The van der Waals surface area contributed by atoms with Crippen LogP contribution in [0, 0.1) is 0 Å². The lowest BCUT2D eigenvalue weighted by Crippen LogP contribution is -2.38. The van der Waals surface area contributed by atoms with Crippen LogP contribution in [0.25, 0.3) is 0 Å². The second-order valence-corrected chi connectivity index (χ2v) is 4.90. The maximum Gasteiger partial charge on any atom is 0.321 e. The Morgan fingerprint density at radius 2 is 1.32 bits per heavy atom. The Kier molecular flexibility index (Phi) is 12.6. The van der Waals surface area contributed by atoms with E-state index in [-0.39, 0.29) is 6.03 Å². The van der Waals surface area contributed by atoms with Crippen LogP contribution in [0.1, 0.15) is 45.4 Å². The van der Waals surface area contributed by atoms with Crippen LogP contribution < -0.4 is 21.3 Å². The molecule has 7 nitrogen and oxygen atoms in total. The third kappa shape index (κ3) is 13.0. The van der Waals surface area contributed by atoms with Crippen molar-refractivity contribution in [3.8, 4) is 0 Å². The summed E-state index contributed by atoms with van der Waals surface area (Å²) in [6.45, 7) is 7.22. The molecular formula is C15H28N4O3. The van der Waals surface area contributed by atoms with Crippen LogP contribution >= 0.6 is 0 Å². The maximum atomic E-state index is 11.3. The second kappa shape index (κ2) is 13.9. The summed E-state index contributed by atoms with van der Waals surface area (Å²) in [5.41, 5.74) is 0. The van der Waals surface area contributed by atoms with Crippen LogP contribution in [0.3, 0.4) is 0 Å². The minimum Gasteiger partial charge on any atom is -0.338 e. The molecule has 7 heteroatoms. The molecule has 0 saturated carbocycles. The second-order valence-electron chi connectivity index (χ2n) is 4.90. The van der Waals surface area contributed by atoms with Crippen LogP contribution in [-0.2, 0) is 4.79 Å². The number of amides is 5. The van der Waals surface area contributed by atoms with Gasteiger partial charge in [-0.05, 0) is 25.3 Å². The molecule has 0 unspecified atom stereocenters. The SMILES string of the molecule is C=CC(=O)NC(=O)NCCCCCCNC(=O)NCCCC. The monoisotopic (exact) mass is 312 g/mol. The number of rotatable bonds is 11. The Morgan fingerprint density at radius 3 is 1.82 bits per heavy atom. The Bertz CT molecular complexity index is 359. The highest BCUT2D eigenvalue weighted by atomic mass is 16.2. The molecule has 5 amide bonds. The van der Waals surface area contributed by atoms with Crippen molar-refractivity contribution in [2.45, 2.75) is 45.4 Å². The molecule has 0 aromatic heterocycles. The first kappa shape index (κ1) is 19.9. The summed E-state index contributed by atoms with van der Waals surface area (Å²) in [7, 11) is 0. The number of carbonyl (C=O) groups is 3. The van der Waals surface area contributed by atoms with Gasteiger partial charge in [0.2, 0.25) is 0 Å². The average Bonchev–Trinajstić information content (AvgIpc) is 2.50. The van der Waals surface area contributed by atoms with Gasteiger partial charge in [-0.2, -0.15) is 0 Å². The number of carbonyl (C=O) groups excluding carboxylic acids is 3. The summed E-state index contributed by atoms with van der Waals surface area (Å²) in [5, 5.41) is 10.3. The number of unbranched alkanes of at least 4 members (excludes halogenated alkanes) is 4. The van der Waals surface area contributed by atoms with Gasteiger partial charge in [-0.1, -0.05) is 32.8 Å². The molecule has 4 N–H and O–H groups in total. The first-order chi connectivity index (χ1) is 10.6. The lowest BCUT2D eigenvalue weighted by atomic mass is 10.2. The maximum absolute atomic E-state index is 11.3. The highest BCUT2D eigenvalue weighted by Crippen LogP contribution is 1.97. The fraction of sp³-hybridized carbons (Fsp3) is 0.667. The van der Waals surface area contributed by atoms with Gasteiger partial charge >= 0.3 is 12.1 Å². The molecular weight excluding hydrogens is 284 g/mol. The van der Waals surface area contributed by atoms with Crippen molar-refractivity contribution in [2.75, 3.05) is 19.6 Å². The molecule has 22 heavy (non-hydrogen) atoms. The summed E-state index contributed by atoms with van der Waals surface area (Å²) >= 11 is 0. The predicted molar refractivity (Wildman–Crippen MR) is 86.5 cm³/mol. The molecule has 0 aromatic carbocycles. The van der Waals surface area contributed by atoms with Gasteiger partial charge in [-0.3, -0.25) is 10.1 Å². The van der Waals surface area contributed by atoms with Crippen LogP contribution in [0.4, 0.5) is 9.59 Å². The molecule has 0 bridgehead atoms. The molecule has 0 aliphatic carbocycles. The Hall–Kier alpha value is -2.05. The summed E-state index contributed by atoms with van der Waals surface area (Å²) in [4.78, 5) is 33.4. The molecule has 0 heterocycles. The van der Waals surface area contributed by atoms with E-state index in [1.165, 1.54) is 0 Å². The van der Waals surface area contributed by atoms with Gasteiger partial charge in [0.25, 0.3) is 5.91 Å². The molecule has 0 spiro atoms.